The second kappa shape index (κ2) is 7.89. The molecule has 7 heteroatoms. The summed E-state index contributed by atoms with van der Waals surface area (Å²) in [5.74, 6) is -2.73. The molecule has 0 radical (unpaired) electrons. The summed E-state index contributed by atoms with van der Waals surface area (Å²) >= 11 is 6.08. The summed E-state index contributed by atoms with van der Waals surface area (Å²) in [5.41, 5.74) is 1.21. The highest BCUT2D eigenvalue weighted by Crippen LogP contribution is 2.43. The molecular formula is C24H17ClFNO4. The Kier molecular flexibility index (Phi) is 5.25. The van der Waals surface area contributed by atoms with Crippen LogP contribution < -0.4 is 4.90 Å². The molecule has 3 aromatic rings. The number of carbonyl (C=O) groups is 2. The summed E-state index contributed by atoms with van der Waals surface area (Å²) < 4.78 is 13.7. The number of halogens is 2. The van der Waals surface area contributed by atoms with Gasteiger partial charge in [0.25, 0.3) is 11.7 Å². The molecular weight excluding hydrogens is 421 g/mol. The lowest BCUT2D eigenvalue weighted by Crippen LogP contribution is -2.29. The summed E-state index contributed by atoms with van der Waals surface area (Å²) in [7, 11) is 0. The van der Waals surface area contributed by atoms with Crippen LogP contribution in [0.5, 0.6) is 5.75 Å². The van der Waals surface area contributed by atoms with Gasteiger partial charge in [0.05, 0.1) is 16.6 Å². The van der Waals surface area contributed by atoms with E-state index in [1.54, 1.807) is 30.3 Å². The van der Waals surface area contributed by atoms with Crippen LogP contribution in [0.4, 0.5) is 10.1 Å². The van der Waals surface area contributed by atoms with Crippen LogP contribution in [0.25, 0.3) is 5.76 Å². The van der Waals surface area contributed by atoms with E-state index < -0.39 is 29.3 Å². The first kappa shape index (κ1) is 20.6. The van der Waals surface area contributed by atoms with Gasteiger partial charge >= 0.3 is 0 Å². The first-order valence-electron chi connectivity index (χ1n) is 9.40. The number of nitrogens with zero attached hydrogens (tertiary/aromatic N) is 1. The van der Waals surface area contributed by atoms with Crippen molar-refractivity contribution < 1.29 is 24.2 Å². The number of aryl methyl sites for hydroxylation is 1. The van der Waals surface area contributed by atoms with E-state index in [0.29, 0.717) is 11.3 Å². The maximum Gasteiger partial charge on any atom is 0.300 e. The largest absolute Gasteiger partial charge is 0.507 e. The topological polar surface area (TPSA) is 77.8 Å². The van der Waals surface area contributed by atoms with Gasteiger partial charge in [-0.15, -0.1) is 0 Å². The van der Waals surface area contributed by atoms with Crippen molar-refractivity contribution in [2.45, 2.75) is 13.0 Å². The van der Waals surface area contributed by atoms with Crippen LogP contribution in [-0.4, -0.2) is 21.9 Å². The van der Waals surface area contributed by atoms with Gasteiger partial charge in [-0.05, 0) is 60.5 Å². The van der Waals surface area contributed by atoms with E-state index in [-0.39, 0.29) is 27.5 Å². The molecule has 0 bridgehead atoms. The average molecular weight is 438 g/mol. The van der Waals surface area contributed by atoms with Crippen molar-refractivity contribution in [3.63, 3.8) is 0 Å². The van der Waals surface area contributed by atoms with E-state index in [9.17, 15) is 24.2 Å². The van der Waals surface area contributed by atoms with Crippen molar-refractivity contribution in [2.75, 3.05) is 4.90 Å². The van der Waals surface area contributed by atoms with Crippen LogP contribution in [0.15, 0.2) is 72.3 Å². The maximum absolute atomic E-state index is 13.7. The van der Waals surface area contributed by atoms with E-state index >= 15 is 0 Å². The highest BCUT2D eigenvalue weighted by atomic mass is 35.5. The predicted molar refractivity (Wildman–Crippen MR) is 115 cm³/mol. The number of hydrogen-bond acceptors (Lipinski definition) is 4. The lowest BCUT2D eigenvalue weighted by Gasteiger charge is -2.25. The van der Waals surface area contributed by atoms with Crippen LogP contribution in [0, 0.1) is 12.7 Å². The highest BCUT2D eigenvalue weighted by Gasteiger charge is 2.47. The fraction of sp³-hybridized carbons (Fsp3) is 0.0833. The molecule has 1 aliphatic rings. The number of aliphatic hydroxyl groups excluding tert-OH is 1. The molecule has 31 heavy (non-hydrogen) atoms. The van der Waals surface area contributed by atoms with E-state index in [1.807, 2.05) is 0 Å². The third-order valence-corrected chi connectivity index (χ3v) is 5.50. The number of amides is 1. The molecule has 1 atom stereocenters. The van der Waals surface area contributed by atoms with Crippen molar-refractivity contribution in [1.29, 1.82) is 0 Å². The number of phenols is 1. The first-order valence-corrected chi connectivity index (χ1v) is 9.78. The van der Waals surface area contributed by atoms with Gasteiger partial charge in [-0.25, -0.2) is 4.39 Å². The van der Waals surface area contributed by atoms with Crippen molar-refractivity contribution >= 4 is 34.7 Å². The van der Waals surface area contributed by atoms with Gasteiger partial charge in [0.2, 0.25) is 0 Å². The summed E-state index contributed by atoms with van der Waals surface area (Å²) in [6.45, 7) is 1.53. The fourth-order valence-corrected chi connectivity index (χ4v) is 3.83. The Labute approximate surface area is 182 Å². The molecule has 1 heterocycles. The monoisotopic (exact) mass is 437 g/mol. The smallest absolute Gasteiger partial charge is 0.300 e. The molecule has 3 aromatic carbocycles. The Bertz CT molecular complexity index is 1240. The van der Waals surface area contributed by atoms with Crippen molar-refractivity contribution in [3.05, 3.63) is 99.8 Å². The molecule has 1 aliphatic heterocycles. The number of hydrogen-bond donors (Lipinski definition) is 2. The Morgan fingerprint density at radius 2 is 1.74 bits per heavy atom. The number of aliphatic hydroxyl groups is 1. The molecule has 0 spiro atoms. The molecule has 2 N–H and O–H groups in total. The molecule has 0 aromatic heterocycles. The van der Waals surface area contributed by atoms with Crippen molar-refractivity contribution in [2.24, 2.45) is 0 Å². The molecule has 1 fully saturated rings. The lowest BCUT2D eigenvalue weighted by molar-refractivity contribution is -0.132. The predicted octanol–water partition coefficient (Wildman–Crippen LogP) is 5.12. The van der Waals surface area contributed by atoms with Crippen LogP contribution in [0.3, 0.4) is 0 Å². The maximum atomic E-state index is 13.7. The number of para-hydroxylation sites is 1. The van der Waals surface area contributed by atoms with Crippen LogP contribution in [0.1, 0.15) is 22.7 Å². The molecule has 1 saturated heterocycles. The molecule has 156 valence electrons. The minimum atomic E-state index is -0.995. The fourth-order valence-electron chi connectivity index (χ4n) is 3.64. The molecule has 0 saturated carbocycles. The van der Waals surface area contributed by atoms with Crippen LogP contribution in [0.2, 0.25) is 5.02 Å². The number of benzene rings is 3. The van der Waals surface area contributed by atoms with E-state index in [2.05, 4.69) is 0 Å². The van der Waals surface area contributed by atoms with Crippen molar-refractivity contribution in [1.82, 2.24) is 0 Å². The standard InChI is InChI=1S/C24H17ClFNO4/c1-13-11-15(7-9-18(13)26)22(29)20-21(14-8-10-19(28)17(25)12-14)27(24(31)23(20)30)16-5-3-2-4-6-16/h2-12,21,28-29H,1H3/b22-20-. The zero-order valence-corrected chi connectivity index (χ0v) is 17.1. The first-order chi connectivity index (χ1) is 14.8. The molecule has 0 aliphatic carbocycles. The van der Waals surface area contributed by atoms with Gasteiger partial charge < -0.3 is 10.2 Å². The van der Waals surface area contributed by atoms with Crippen LogP contribution in [-0.2, 0) is 9.59 Å². The summed E-state index contributed by atoms with van der Waals surface area (Å²) in [6, 6.07) is 15.8. The zero-order chi connectivity index (χ0) is 22.3. The number of aromatic hydroxyl groups is 1. The van der Waals surface area contributed by atoms with Gasteiger partial charge in [-0.2, -0.15) is 0 Å². The molecule has 1 unspecified atom stereocenters. The second-order valence-electron chi connectivity index (χ2n) is 7.18. The number of Topliss-reactive ketones (excluding diaryl/α,β-unsaturated/α-hetero) is 1. The van der Waals surface area contributed by atoms with E-state index in [0.717, 1.165) is 0 Å². The second-order valence-corrected chi connectivity index (χ2v) is 7.59. The Balaban J connectivity index is 1.97. The summed E-state index contributed by atoms with van der Waals surface area (Å²) in [6.07, 6.45) is 0. The van der Waals surface area contributed by atoms with Gasteiger partial charge in [0, 0.05) is 11.3 Å². The van der Waals surface area contributed by atoms with Gasteiger partial charge in [-0.1, -0.05) is 35.9 Å². The normalized spacial score (nSPS) is 17.9. The van der Waals surface area contributed by atoms with Gasteiger partial charge in [-0.3, -0.25) is 14.5 Å². The number of phenolic OH excluding ortho intramolecular Hbond substituents is 1. The van der Waals surface area contributed by atoms with Crippen molar-refractivity contribution in [3.8, 4) is 5.75 Å². The zero-order valence-electron chi connectivity index (χ0n) is 16.3. The molecule has 1 amide bonds. The SMILES string of the molecule is Cc1cc(/C(O)=C2/C(=O)C(=O)N(c3ccccc3)C2c2ccc(O)c(Cl)c2)ccc1F. The number of ketones is 1. The van der Waals surface area contributed by atoms with Crippen LogP contribution >= 0.6 is 11.6 Å². The Hall–Kier alpha value is -3.64. The minimum absolute atomic E-state index is 0.0359. The summed E-state index contributed by atoms with van der Waals surface area (Å²) in [5, 5.41) is 20.9. The Morgan fingerprint density at radius 1 is 1.03 bits per heavy atom. The third kappa shape index (κ3) is 3.55. The summed E-state index contributed by atoms with van der Waals surface area (Å²) in [4.78, 5) is 27.3. The lowest BCUT2D eigenvalue weighted by atomic mass is 9.94. The highest BCUT2D eigenvalue weighted by molar-refractivity contribution is 6.51. The molecule has 5 nitrogen and oxygen atoms in total. The quantitative estimate of drug-likeness (QED) is 0.338. The number of carbonyl (C=O) groups excluding carboxylic acids is 2. The Morgan fingerprint density at radius 3 is 2.39 bits per heavy atom. The van der Waals surface area contributed by atoms with E-state index in [4.69, 9.17) is 11.6 Å². The number of anilines is 1. The average Bonchev–Trinajstić information content (AvgIpc) is 3.03. The van der Waals surface area contributed by atoms with Gasteiger partial charge in [0.15, 0.2) is 0 Å². The minimum Gasteiger partial charge on any atom is -0.507 e. The third-order valence-electron chi connectivity index (χ3n) is 5.20. The number of rotatable bonds is 3. The van der Waals surface area contributed by atoms with E-state index in [1.165, 1.54) is 48.2 Å². The molecule has 4 rings (SSSR count). The van der Waals surface area contributed by atoms with Gasteiger partial charge in [0.1, 0.15) is 17.3 Å².